The van der Waals surface area contributed by atoms with Crippen molar-refractivity contribution in [2.45, 2.75) is 94.7 Å². The van der Waals surface area contributed by atoms with Crippen molar-refractivity contribution in [1.82, 2.24) is 14.8 Å². The molecule has 0 saturated carbocycles. The standard InChI is InChI=1S/C34H36F7N3O5S/c1-2-3-7-26-32(49-24-17-27(50-19-24)34(39,40)41,12-5-14-43(26)30(47)29-25(33(36,37)38)6-4-13-42-29)31(48)44-18-21-15-22(35)9-8-20(21)16-23(44)10-11-28(45)46/h4,6,9,13,15,17,19-20,23,26H,2-3,5,7-8,10-12,14,16,18H2,1H3,(H,45,46)/t20?,23-,26-,32+/m1/s1. The maximum atomic E-state index is 15.2. The predicted octanol–water partition coefficient (Wildman–Crippen LogP) is 8.06. The number of allylic oxidation sites excluding steroid dienone is 3. The van der Waals surface area contributed by atoms with Crippen LogP contribution in [0.3, 0.4) is 0 Å². The van der Waals surface area contributed by atoms with Gasteiger partial charge in [-0.15, -0.1) is 11.3 Å². The van der Waals surface area contributed by atoms with Gasteiger partial charge in [0.1, 0.15) is 22.1 Å². The minimum absolute atomic E-state index is 0.00888. The molecule has 50 heavy (non-hydrogen) atoms. The van der Waals surface area contributed by atoms with Crippen LogP contribution >= 0.6 is 11.3 Å². The Hall–Kier alpha value is -3.95. The number of thiophene rings is 1. The molecular weight excluding hydrogens is 695 g/mol. The van der Waals surface area contributed by atoms with Crippen molar-refractivity contribution in [3.8, 4) is 5.75 Å². The van der Waals surface area contributed by atoms with Gasteiger partial charge in [0.2, 0.25) is 5.60 Å². The number of hydrogen-bond acceptors (Lipinski definition) is 6. The van der Waals surface area contributed by atoms with E-state index in [4.69, 9.17) is 4.74 Å². The van der Waals surface area contributed by atoms with Crippen LogP contribution in [-0.2, 0) is 21.9 Å². The van der Waals surface area contributed by atoms with Crippen LogP contribution in [-0.4, -0.2) is 68.4 Å². The number of likely N-dealkylation sites (tertiary alicyclic amines) is 2. The molecule has 0 aromatic carbocycles. The van der Waals surface area contributed by atoms with Gasteiger partial charge in [0.05, 0.1) is 11.6 Å². The number of rotatable bonds is 10. The zero-order valence-electron chi connectivity index (χ0n) is 27.0. The van der Waals surface area contributed by atoms with Crippen LogP contribution in [0.2, 0.25) is 0 Å². The molecule has 1 N–H and O–H groups in total. The number of hydrogen-bond donors (Lipinski definition) is 1. The van der Waals surface area contributed by atoms with Gasteiger partial charge in [-0.1, -0.05) is 19.8 Å². The number of nitrogens with zero attached hydrogens (tertiary/aromatic N) is 3. The monoisotopic (exact) mass is 731 g/mol. The number of carboxylic acid groups (broad SMARTS) is 1. The highest BCUT2D eigenvalue weighted by atomic mass is 32.1. The third kappa shape index (κ3) is 7.84. The van der Waals surface area contributed by atoms with Crippen molar-refractivity contribution in [2.75, 3.05) is 13.1 Å². The summed E-state index contributed by atoms with van der Waals surface area (Å²) in [5, 5.41) is 10.6. The van der Waals surface area contributed by atoms with Crippen molar-refractivity contribution >= 4 is 29.1 Å². The number of alkyl halides is 6. The highest BCUT2D eigenvalue weighted by molar-refractivity contribution is 7.10. The first-order valence-electron chi connectivity index (χ1n) is 16.3. The van der Waals surface area contributed by atoms with Crippen LogP contribution in [0, 0.1) is 5.92 Å². The highest BCUT2D eigenvalue weighted by Crippen LogP contribution is 2.45. The van der Waals surface area contributed by atoms with Crippen molar-refractivity contribution in [3.05, 3.63) is 69.5 Å². The number of piperidine rings is 2. The van der Waals surface area contributed by atoms with Crippen LogP contribution in [0.15, 0.2) is 53.3 Å². The fraction of sp³-hybridized carbons (Fsp3) is 0.529. The molecule has 3 aliphatic rings. The molecule has 5 rings (SSSR count). The first kappa shape index (κ1) is 37.3. The Bertz CT molecular complexity index is 1660. The molecule has 1 unspecified atom stereocenters. The lowest BCUT2D eigenvalue weighted by Crippen LogP contribution is -2.69. The molecular formula is C34H36F7N3O5S. The molecule has 2 saturated heterocycles. The number of pyridine rings is 1. The second-order valence-corrected chi connectivity index (χ2v) is 13.7. The average molecular weight is 732 g/mol. The van der Waals surface area contributed by atoms with E-state index in [0.29, 0.717) is 42.2 Å². The van der Waals surface area contributed by atoms with Crippen LogP contribution in [0.5, 0.6) is 5.75 Å². The van der Waals surface area contributed by atoms with Crippen LogP contribution in [0.25, 0.3) is 0 Å². The Morgan fingerprint density at radius 2 is 1.88 bits per heavy atom. The number of aromatic nitrogens is 1. The van der Waals surface area contributed by atoms with Gasteiger partial charge >= 0.3 is 18.3 Å². The van der Waals surface area contributed by atoms with Gasteiger partial charge in [-0.3, -0.25) is 19.4 Å². The molecule has 0 spiro atoms. The molecule has 2 aromatic rings. The smallest absolute Gasteiger partial charge is 0.425 e. The first-order valence-corrected chi connectivity index (χ1v) is 17.2. The Morgan fingerprint density at radius 1 is 1.12 bits per heavy atom. The summed E-state index contributed by atoms with van der Waals surface area (Å²) in [5.41, 5.74) is -3.72. The minimum Gasteiger partial charge on any atom is -0.481 e. The molecule has 272 valence electrons. The molecule has 4 heterocycles. The average Bonchev–Trinajstić information content (AvgIpc) is 3.54. The van der Waals surface area contributed by atoms with Gasteiger partial charge in [-0.2, -0.15) is 26.3 Å². The normalized spacial score (nSPS) is 24.3. The van der Waals surface area contributed by atoms with E-state index in [1.807, 2.05) is 6.92 Å². The van der Waals surface area contributed by atoms with E-state index in [0.717, 1.165) is 28.6 Å². The molecule has 0 bridgehead atoms. The van der Waals surface area contributed by atoms with Gasteiger partial charge < -0.3 is 19.6 Å². The summed E-state index contributed by atoms with van der Waals surface area (Å²) in [4.78, 5) is 46.1. The minimum atomic E-state index is -4.94. The van der Waals surface area contributed by atoms with Crippen LogP contribution < -0.4 is 4.74 Å². The number of unbranched alkanes of at least 4 members (excludes halogenated alkanes) is 1. The molecule has 4 atom stereocenters. The van der Waals surface area contributed by atoms with Gasteiger partial charge in [0.15, 0.2) is 0 Å². The summed E-state index contributed by atoms with van der Waals surface area (Å²) < 4.78 is 104. The van der Waals surface area contributed by atoms with Gasteiger partial charge in [0, 0.05) is 49.6 Å². The first-order chi connectivity index (χ1) is 23.5. The number of aliphatic carboxylic acids is 1. The number of halogens is 7. The van der Waals surface area contributed by atoms with E-state index in [1.165, 1.54) is 17.1 Å². The SMILES string of the molecule is CCCC[C@H]1N(C(=O)c2ncccc2C(F)(F)F)CCC[C@@]1(Oc1csc(C(F)(F)F)c1)C(=O)N1CC2=CC(F)=CCC2C[C@H]1CCC(=O)O. The van der Waals surface area contributed by atoms with Gasteiger partial charge in [0.25, 0.3) is 11.8 Å². The molecule has 2 aliphatic heterocycles. The summed E-state index contributed by atoms with van der Waals surface area (Å²) in [7, 11) is 0. The fourth-order valence-corrected chi connectivity index (χ4v) is 7.89. The van der Waals surface area contributed by atoms with Crippen LogP contribution in [0.1, 0.15) is 85.6 Å². The highest BCUT2D eigenvalue weighted by Gasteiger charge is 2.57. The topological polar surface area (TPSA) is 100 Å². The predicted molar refractivity (Wildman–Crippen MR) is 168 cm³/mol. The van der Waals surface area contributed by atoms with Crippen LogP contribution in [0.4, 0.5) is 30.7 Å². The number of ether oxygens (including phenoxy) is 1. The number of carboxylic acids is 1. The van der Waals surface area contributed by atoms with E-state index in [-0.39, 0.29) is 63.3 Å². The third-order valence-corrected chi connectivity index (χ3v) is 10.5. The molecule has 0 radical (unpaired) electrons. The fourth-order valence-electron chi connectivity index (χ4n) is 7.21. The van der Waals surface area contributed by atoms with Crippen molar-refractivity contribution < 1.29 is 55.0 Å². The van der Waals surface area contributed by atoms with Crippen molar-refractivity contribution in [1.29, 1.82) is 0 Å². The molecule has 2 amide bonds. The molecule has 8 nitrogen and oxygen atoms in total. The van der Waals surface area contributed by atoms with E-state index in [1.54, 1.807) is 0 Å². The second kappa shape index (κ2) is 14.7. The lowest BCUT2D eigenvalue weighted by atomic mass is 9.76. The molecule has 2 aromatic heterocycles. The summed E-state index contributed by atoms with van der Waals surface area (Å²) in [6, 6.07) is 0.523. The number of carbonyl (C=O) groups excluding carboxylic acids is 2. The zero-order chi connectivity index (χ0) is 36.4. The number of amides is 2. The number of carbonyl (C=O) groups is 3. The summed E-state index contributed by atoms with van der Waals surface area (Å²) >= 11 is 0.333. The van der Waals surface area contributed by atoms with E-state index < -0.39 is 69.8 Å². The van der Waals surface area contributed by atoms with Crippen molar-refractivity contribution in [3.63, 3.8) is 0 Å². The lowest BCUT2D eigenvalue weighted by Gasteiger charge is -2.52. The molecule has 1 aliphatic carbocycles. The largest absolute Gasteiger partial charge is 0.481 e. The number of fused-ring (bicyclic) bond motifs is 1. The maximum Gasteiger partial charge on any atom is 0.425 e. The summed E-state index contributed by atoms with van der Waals surface area (Å²) in [6.07, 6.45) is -4.81. The van der Waals surface area contributed by atoms with Crippen molar-refractivity contribution in [2.24, 2.45) is 5.92 Å². The van der Waals surface area contributed by atoms with Gasteiger partial charge in [-0.25, -0.2) is 4.39 Å². The Labute approximate surface area is 287 Å². The zero-order valence-corrected chi connectivity index (χ0v) is 27.8. The van der Waals surface area contributed by atoms with Gasteiger partial charge in [-0.05, 0) is 67.9 Å². The molecule has 2 fully saturated rings. The Kier molecular flexibility index (Phi) is 11.0. The maximum absolute atomic E-state index is 15.2. The quantitative estimate of drug-likeness (QED) is 0.248. The second-order valence-electron chi connectivity index (χ2n) is 12.8. The Morgan fingerprint density at radius 3 is 2.54 bits per heavy atom. The van der Waals surface area contributed by atoms with E-state index in [2.05, 4.69) is 4.98 Å². The van der Waals surface area contributed by atoms with E-state index >= 15 is 4.79 Å². The lowest BCUT2D eigenvalue weighted by molar-refractivity contribution is -0.163. The summed E-state index contributed by atoms with van der Waals surface area (Å²) in [6.45, 7) is 1.59. The molecule has 16 heteroatoms. The Balaban J connectivity index is 1.65. The third-order valence-electron chi connectivity index (χ3n) is 9.53. The van der Waals surface area contributed by atoms with E-state index in [9.17, 15) is 45.4 Å². The summed E-state index contributed by atoms with van der Waals surface area (Å²) in [5.74, 6) is -4.03.